The van der Waals surface area contributed by atoms with Crippen LogP contribution >= 0.6 is 11.8 Å². The van der Waals surface area contributed by atoms with E-state index in [-0.39, 0.29) is 12.5 Å². The highest BCUT2D eigenvalue weighted by Crippen LogP contribution is 2.42. The Balaban J connectivity index is 2.29. The molecule has 0 aliphatic heterocycles. The molecule has 1 N–H and O–H groups in total. The minimum absolute atomic E-state index is 0.289. The van der Waals surface area contributed by atoms with E-state index in [2.05, 4.69) is 9.99 Å². The maximum atomic E-state index is 11.8. The molecular formula is C14H17ClN2O2. The summed E-state index contributed by atoms with van der Waals surface area (Å²) in [6, 6.07) is 5.68. The highest BCUT2D eigenvalue weighted by molar-refractivity contribution is 6.24. The van der Waals surface area contributed by atoms with E-state index in [1.807, 2.05) is 26.0 Å². The van der Waals surface area contributed by atoms with Crippen LogP contribution in [0.1, 0.15) is 54.1 Å². The van der Waals surface area contributed by atoms with Gasteiger partial charge in [0, 0.05) is 22.9 Å². The smallest absolute Gasteiger partial charge is 0.266 e. The van der Waals surface area contributed by atoms with E-state index in [4.69, 9.17) is 16.6 Å². The molecule has 2 rings (SSSR count). The predicted octanol–water partition coefficient (Wildman–Crippen LogP) is 3.36. The van der Waals surface area contributed by atoms with Crippen LogP contribution in [0.15, 0.2) is 23.4 Å². The Kier molecular flexibility index (Phi) is 4.43. The zero-order valence-corrected chi connectivity index (χ0v) is 11.8. The predicted molar refractivity (Wildman–Crippen MR) is 75.3 cm³/mol. The molecule has 0 radical (unpaired) electrons. The van der Waals surface area contributed by atoms with Crippen molar-refractivity contribution in [1.82, 2.24) is 4.84 Å². The van der Waals surface area contributed by atoms with E-state index < -0.39 is 0 Å². The lowest BCUT2D eigenvalue weighted by atomic mass is 9.98. The molecule has 0 aromatic heterocycles. The minimum Gasteiger partial charge on any atom is -0.391 e. The van der Waals surface area contributed by atoms with Crippen LogP contribution < -0.4 is 4.84 Å². The number of amides is 1. The van der Waals surface area contributed by atoms with E-state index in [1.165, 1.54) is 5.56 Å². The zero-order valence-electron chi connectivity index (χ0n) is 11.1. The average Bonchev–Trinajstić information content (AvgIpc) is 3.22. The molecule has 0 bridgehead atoms. The minimum atomic E-state index is -0.306. The third-order valence-electron chi connectivity index (χ3n) is 3.02. The van der Waals surface area contributed by atoms with E-state index in [0.717, 1.165) is 24.1 Å². The summed E-state index contributed by atoms with van der Waals surface area (Å²) in [5.74, 6) is 0.230. The van der Waals surface area contributed by atoms with Gasteiger partial charge < -0.3 is 4.84 Å². The second kappa shape index (κ2) is 6.06. The first-order chi connectivity index (χ1) is 9.13. The molecule has 0 heterocycles. The molecule has 0 atom stereocenters. The fourth-order valence-corrected chi connectivity index (χ4v) is 2.13. The van der Waals surface area contributed by atoms with Crippen molar-refractivity contribution < 1.29 is 9.63 Å². The molecule has 1 aromatic carbocycles. The van der Waals surface area contributed by atoms with Crippen molar-refractivity contribution in [2.75, 3.05) is 0 Å². The fraction of sp³-hybridized carbons (Fsp3) is 0.429. The van der Waals surface area contributed by atoms with Crippen molar-refractivity contribution in [3.63, 3.8) is 0 Å². The largest absolute Gasteiger partial charge is 0.391 e. The summed E-state index contributed by atoms with van der Waals surface area (Å²) in [5.41, 5.74) is 3.45. The number of halogens is 1. The first-order valence-corrected chi connectivity index (χ1v) is 6.67. The first kappa shape index (κ1) is 13.9. The van der Waals surface area contributed by atoms with Crippen molar-refractivity contribution in [3.05, 3.63) is 34.9 Å². The molecule has 4 nitrogen and oxygen atoms in total. The van der Waals surface area contributed by atoms with Gasteiger partial charge >= 0.3 is 0 Å². The topological polar surface area (TPSA) is 50.7 Å². The van der Waals surface area contributed by atoms with Crippen LogP contribution in [0.25, 0.3) is 0 Å². The van der Waals surface area contributed by atoms with Crippen molar-refractivity contribution in [3.8, 4) is 0 Å². The lowest BCUT2D eigenvalue weighted by Crippen LogP contribution is -2.16. The van der Waals surface area contributed by atoms with Gasteiger partial charge in [-0.2, -0.15) is 0 Å². The monoisotopic (exact) mass is 280 g/mol. The number of carbonyl (C=O) groups is 1. The third-order valence-corrected chi connectivity index (χ3v) is 3.19. The Labute approximate surface area is 117 Å². The number of nitrogens with one attached hydrogen (secondary N) is 1. The van der Waals surface area contributed by atoms with Crippen molar-refractivity contribution in [1.29, 1.82) is 0 Å². The van der Waals surface area contributed by atoms with E-state index in [0.29, 0.717) is 11.5 Å². The van der Waals surface area contributed by atoms with Crippen LogP contribution in [0.5, 0.6) is 0 Å². The molecule has 102 valence electrons. The van der Waals surface area contributed by atoms with Gasteiger partial charge in [0.1, 0.15) is 6.61 Å². The Morgan fingerprint density at radius 3 is 2.79 bits per heavy atom. The van der Waals surface area contributed by atoms with Gasteiger partial charge in [0.2, 0.25) is 0 Å². The summed E-state index contributed by atoms with van der Waals surface area (Å²) in [6.07, 6.45) is 2.32. The van der Waals surface area contributed by atoms with Crippen molar-refractivity contribution in [2.24, 2.45) is 5.16 Å². The van der Waals surface area contributed by atoms with Crippen LogP contribution in [0.4, 0.5) is 0 Å². The summed E-state index contributed by atoms with van der Waals surface area (Å²) >= 11 is 5.42. The SMILES string of the molecule is CC(C)=NOCc1c(C(=O)NCl)cccc1C1CC1. The van der Waals surface area contributed by atoms with Gasteiger partial charge in [-0.05, 0) is 44.2 Å². The summed E-state index contributed by atoms with van der Waals surface area (Å²) in [5, 5.41) is 3.92. The van der Waals surface area contributed by atoms with Gasteiger partial charge in [0.25, 0.3) is 5.91 Å². The number of hydrogen-bond acceptors (Lipinski definition) is 3. The van der Waals surface area contributed by atoms with Gasteiger partial charge in [-0.25, -0.2) is 0 Å². The number of carbonyl (C=O) groups excluding carboxylic acids is 1. The molecule has 1 saturated carbocycles. The molecule has 0 saturated heterocycles. The van der Waals surface area contributed by atoms with Crippen LogP contribution in [0.3, 0.4) is 0 Å². The highest BCUT2D eigenvalue weighted by Gasteiger charge is 2.28. The second-order valence-electron chi connectivity index (χ2n) is 4.88. The van der Waals surface area contributed by atoms with Crippen LogP contribution in [-0.4, -0.2) is 11.6 Å². The van der Waals surface area contributed by atoms with Gasteiger partial charge in [-0.3, -0.25) is 9.63 Å². The summed E-state index contributed by atoms with van der Waals surface area (Å²) < 4.78 is 0. The summed E-state index contributed by atoms with van der Waals surface area (Å²) in [6.45, 7) is 4.01. The quantitative estimate of drug-likeness (QED) is 0.511. The molecule has 1 amide bonds. The molecule has 1 aromatic rings. The molecule has 1 aliphatic rings. The summed E-state index contributed by atoms with van der Waals surface area (Å²) in [4.78, 5) is 19.2. The van der Waals surface area contributed by atoms with Gasteiger partial charge in [0.15, 0.2) is 0 Å². The van der Waals surface area contributed by atoms with Crippen molar-refractivity contribution in [2.45, 2.75) is 39.2 Å². The molecule has 0 spiro atoms. The Morgan fingerprint density at radius 2 is 2.21 bits per heavy atom. The van der Waals surface area contributed by atoms with Crippen molar-refractivity contribution >= 4 is 23.4 Å². The standard InChI is InChI=1S/C14H17ClN2O2/c1-9(2)17-19-8-13-11(10-6-7-10)4-3-5-12(13)14(18)16-15/h3-5,10H,6-8H2,1-2H3,(H,16,18). The van der Waals surface area contributed by atoms with Crippen LogP contribution in [-0.2, 0) is 11.4 Å². The maximum absolute atomic E-state index is 11.8. The molecule has 0 unspecified atom stereocenters. The highest BCUT2D eigenvalue weighted by atomic mass is 35.5. The van der Waals surface area contributed by atoms with E-state index in [9.17, 15) is 4.79 Å². The third kappa shape index (κ3) is 3.47. The van der Waals surface area contributed by atoms with Gasteiger partial charge in [0.05, 0.1) is 5.71 Å². The lowest BCUT2D eigenvalue weighted by molar-refractivity contribution is 0.0970. The molecular weight excluding hydrogens is 264 g/mol. The normalized spacial score (nSPS) is 13.8. The zero-order chi connectivity index (χ0) is 13.8. The summed E-state index contributed by atoms with van der Waals surface area (Å²) in [7, 11) is 0. The van der Waals surface area contributed by atoms with Gasteiger partial charge in [-0.1, -0.05) is 17.3 Å². The van der Waals surface area contributed by atoms with Gasteiger partial charge in [-0.15, -0.1) is 0 Å². The number of benzene rings is 1. The number of nitrogens with zero attached hydrogens (tertiary/aromatic N) is 1. The number of oxime groups is 1. The fourth-order valence-electron chi connectivity index (χ4n) is 2.03. The van der Waals surface area contributed by atoms with Crippen LogP contribution in [0, 0.1) is 0 Å². The molecule has 1 aliphatic carbocycles. The maximum Gasteiger partial charge on any atom is 0.266 e. The average molecular weight is 281 g/mol. The first-order valence-electron chi connectivity index (χ1n) is 6.29. The molecule has 19 heavy (non-hydrogen) atoms. The Hall–Kier alpha value is -1.55. The Morgan fingerprint density at radius 1 is 1.47 bits per heavy atom. The van der Waals surface area contributed by atoms with E-state index >= 15 is 0 Å². The lowest BCUT2D eigenvalue weighted by Gasteiger charge is -2.12. The molecule has 1 fully saturated rings. The Bertz CT molecular complexity index is 506. The molecule has 5 heteroatoms. The second-order valence-corrected chi connectivity index (χ2v) is 5.07. The number of rotatable bonds is 5. The van der Waals surface area contributed by atoms with E-state index in [1.54, 1.807) is 6.07 Å². The van der Waals surface area contributed by atoms with Crippen LogP contribution in [0.2, 0.25) is 0 Å². The number of hydrogen-bond donors (Lipinski definition) is 1.